The molecule has 1 aliphatic rings. The average Bonchev–Trinajstić information content (AvgIpc) is 2.65. The molecule has 1 N–H and O–H groups in total. The van der Waals surface area contributed by atoms with Crippen LogP contribution < -0.4 is 14.8 Å². The van der Waals surface area contributed by atoms with Crippen LogP contribution in [0, 0.1) is 5.92 Å². The predicted octanol–water partition coefficient (Wildman–Crippen LogP) is 2.68. The number of hydrogen-bond acceptors (Lipinski definition) is 4. The first-order chi connectivity index (χ1) is 12.5. The van der Waals surface area contributed by atoms with Gasteiger partial charge < -0.3 is 19.7 Å². The minimum atomic E-state index is -2.97. The minimum absolute atomic E-state index is 0.0362. The highest BCUT2D eigenvalue weighted by Gasteiger charge is 2.28. The maximum Gasteiger partial charge on any atom is 0.387 e. The van der Waals surface area contributed by atoms with Gasteiger partial charge in [-0.15, -0.1) is 0 Å². The highest BCUT2D eigenvalue weighted by molar-refractivity contribution is 5.95. The van der Waals surface area contributed by atoms with Gasteiger partial charge in [0.1, 0.15) is 0 Å². The zero-order valence-corrected chi connectivity index (χ0v) is 15.0. The van der Waals surface area contributed by atoms with Gasteiger partial charge in [-0.25, -0.2) is 0 Å². The van der Waals surface area contributed by atoms with Crippen LogP contribution in [-0.2, 0) is 4.79 Å². The Kier molecular flexibility index (Phi) is 7.17. The highest BCUT2D eigenvalue weighted by atomic mass is 19.3. The molecular formula is C18H24F2N2O4. The van der Waals surface area contributed by atoms with E-state index in [4.69, 9.17) is 4.74 Å². The Morgan fingerprint density at radius 2 is 1.96 bits per heavy atom. The fourth-order valence-corrected chi connectivity index (χ4v) is 2.91. The van der Waals surface area contributed by atoms with Crippen LogP contribution >= 0.6 is 0 Å². The molecule has 1 saturated heterocycles. The number of halogens is 2. The van der Waals surface area contributed by atoms with Crippen LogP contribution in [0.3, 0.4) is 0 Å². The second-order valence-electron chi connectivity index (χ2n) is 6.10. The van der Waals surface area contributed by atoms with E-state index in [2.05, 4.69) is 10.1 Å². The molecule has 144 valence electrons. The highest BCUT2D eigenvalue weighted by Crippen LogP contribution is 2.30. The molecule has 0 radical (unpaired) electrons. The maximum atomic E-state index is 12.6. The molecule has 8 heteroatoms. The summed E-state index contributed by atoms with van der Waals surface area (Å²) in [6.45, 7) is 0.628. The van der Waals surface area contributed by atoms with Crippen LogP contribution in [0.4, 0.5) is 8.78 Å². The number of carbonyl (C=O) groups is 2. The van der Waals surface area contributed by atoms with E-state index in [1.165, 1.54) is 25.3 Å². The van der Waals surface area contributed by atoms with Crippen LogP contribution in [-0.4, -0.2) is 50.1 Å². The molecular weight excluding hydrogens is 346 g/mol. The van der Waals surface area contributed by atoms with Crippen molar-refractivity contribution in [2.45, 2.75) is 32.8 Å². The molecule has 2 amide bonds. The van der Waals surface area contributed by atoms with Crippen LogP contribution in [0.1, 0.15) is 36.5 Å². The molecule has 1 aromatic rings. The van der Waals surface area contributed by atoms with Crippen LogP contribution in [0.25, 0.3) is 0 Å². The first-order valence-electron chi connectivity index (χ1n) is 8.66. The van der Waals surface area contributed by atoms with Gasteiger partial charge >= 0.3 is 6.61 Å². The lowest BCUT2D eigenvalue weighted by Gasteiger charge is -2.31. The predicted molar refractivity (Wildman–Crippen MR) is 91.6 cm³/mol. The smallest absolute Gasteiger partial charge is 0.387 e. The standard InChI is InChI=1S/C18H24F2N2O4/c1-3-8-21-16(23)12-6-9-22(10-7-12)17(24)13-4-5-14(26-18(19)20)15(11-13)25-2/h4-5,11-12,18H,3,6-10H2,1-2H3,(H,21,23). The van der Waals surface area contributed by atoms with E-state index < -0.39 is 6.61 Å². The Morgan fingerprint density at radius 1 is 1.27 bits per heavy atom. The van der Waals surface area contributed by atoms with Crippen molar-refractivity contribution in [1.29, 1.82) is 0 Å². The lowest BCUT2D eigenvalue weighted by molar-refractivity contribution is -0.126. The Morgan fingerprint density at radius 3 is 2.54 bits per heavy atom. The number of nitrogens with zero attached hydrogens (tertiary/aromatic N) is 1. The van der Waals surface area contributed by atoms with E-state index >= 15 is 0 Å². The molecule has 0 spiro atoms. The molecule has 1 fully saturated rings. The van der Waals surface area contributed by atoms with E-state index in [0.717, 1.165) is 6.42 Å². The Bertz CT molecular complexity index is 632. The number of hydrogen-bond donors (Lipinski definition) is 1. The SMILES string of the molecule is CCCNC(=O)C1CCN(C(=O)c2ccc(OC(F)F)c(OC)c2)CC1. The van der Waals surface area contributed by atoms with Crippen molar-refractivity contribution in [2.75, 3.05) is 26.7 Å². The minimum Gasteiger partial charge on any atom is -0.493 e. The molecule has 0 atom stereocenters. The largest absolute Gasteiger partial charge is 0.493 e. The zero-order valence-electron chi connectivity index (χ0n) is 15.0. The number of ether oxygens (including phenoxy) is 2. The van der Waals surface area contributed by atoms with Crippen molar-refractivity contribution < 1.29 is 27.8 Å². The summed E-state index contributed by atoms with van der Waals surface area (Å²) in [5.41, 5.74) is 0.331. The summed E-state index contributed by atoms with van der Waals surface area (Å²) < 4.78 is 34.2. The van der Waals surface area contributed by atoms with Gasteiger partial charge in [0.2, 0.25) is 5.91 Å². The first kappa shape index (κ1) is 19.9. The van der Waals surface area contributed by atoms with Crippen molar-refractivity contribution in [3.05, 3.63) is 23.8 Å². The van der Waals surface area contributed by atoms with Gasteiger partial charge in [-0.1, -0.05) is 6.92 Å². The van der Waals surface area contributed by atoms with Gasteiger partial charge in [0.05, 0.1) is 7.11 Å². The maximum absolute atomic E-state index is 12.6. The molecule has 0 saturated carbocycles. The van der Waals surface area contributed by atoms with Crippen LogP contribution in [0.15, 0.2) is 18.2 Å². The van der Waals surface area contributed by atoms with Crippen molar-refractivity contribution in [3.63, 3.8) is 0 Å². The van der Waals surface area contributed by atoms with Gasteiger partial charge in [0.15, 0.2) is 11.5 Å². The van der Waals surface area contributed by atoms with Gasteiger partial charge in [-0.3, -0.25) is 9.59 Å². The van der Waals surface area contributed by atoms with Gasteiger partial charge in [-0.2, -0.15) is 8.78 Å². The summed E-state index contributed by atoms with van der Waals surface area (Å²) in [4.78, 5) is 26.3. The van der Waals surface area contributed by atoms with Crippen molar-refractivity contribution in [2.24, 2.45) is 5.92 Å². The van der Waals surface area contributed by atoms with E-state index in [0.29, 0.717) is 38.0 Å². The fourth-order valence-electron chi connectivity index (χ4n) is 2.91. The molecule has 1 aliphatic heterocycles. The molecule has 0 aromatic heterocycles. The summed E-state index contributed by atoms with van der Waals surface area (Å²) in [5, 5.41) is 2.88. The average molecular weight is 370 g/mol. The third kappa shape index (κ3) is 5.06. The second kappa shape index (κ2) is 9.35. The van der Waals surface area contributed by atoms with Crippen LogP contribution in [0.5, 0.6) is 11.5 Å². The third-order valence-corrected chi connectivity index (χ3v) is 4.33. The van der Waals surface area contributed by atoms with Crippen molar-refractivity contribution >= 4 is 11.8 Å². The number of amides is 2. The van der Waals surface area contributed by atoms with Crippen molar-refractivity contribution in [1.82, 2.24) is 10.2 Å². The van der Waals surface area contributed by atoms with Crippen molar-refractivity contribution in [3.8, 4) is 11.5 Å². The molecule has 0 aliphatic carbocycles. The van der Waals surface area contributed by atoms with Gasteiger partial charge in [-0.05, 0) is 37.5 Å². The van der Waals surface area contributed by atoms with Gasteiger partial charge in [0.25, 0.3) is 5.91 Å². The molecule has 0 bridgehead atoms. The van der Waals surface area contributed by atoms with E-state index in [1.807, 2.05) is 6.92 Å². The topological polar surface area (TPSA) is 67.9 Å². The number of benzene rings is 1. The molecule has 2 rings (SSSR count). The Balaban J connectivity index is 1.98. The number of rotatable bonds is 7. The lowest BCUT2D eigenvalue weighted by atomic mass is 9.95. The van der Waals surface area contributed by atoms with Gasteiger partial charge in [0, 0.05) is 31.1 Å². The van der Waals surface area contributed by atoms with Crippen LogP contribution in [0.2, 0.25) is 0 Å². The number of alkyl halides is 2. The second-order valence-corrected chi connectivity index (χ2v) is 6.10. The van der Waals surface area contributed by atoms with E-state index in [9.17, 15) is 18.4 Å². The molecule has 0 unspecified atom stereocenters. The summed E-state index contributed by atoms with van der Waals surface area (Å²) in [7, 11) is 1.32. The number of likely N-dealkylation sites (tertiary alicyclic amines) is 1. The molecule has 1 aromatic carbocycles. The quantitative estimate of drug-likeness (QED) is 0.801. The number of methoxy groups -OCH3 is 1. The normalized spacial score (nSPS) is 15.0. The van der Waals surface area contributed by atoms with E-state index in [-0.39, 0.29) is 29.2 Å². The first-order valence-corrected chi connectivity index (χ1v) is 8.66. The summed E-state index contributed by atoms with van der Waals surface area (Å²) in [6.07, 6.45) is 2.09. The third-order valence-electron chi connectivity index (χ3n) is 4.33. The summed E-state index contributed by atoms with van der Waals surface area (Å²) >= 11 is 0. The molecule has 6 nitrogen and oxygen atoms in total. The fraction of sp³-hybridized carbons (Fsp3) is 0.556. The van der Waals surface area contributed by atoms with E-state index in [1.54, 1.807) is 4.90 Å². The number of carbonyl (C=O) groups excluding carboxylic acids is 2. The lowest BCUT2D eigenvalue weighted by Crippen LogP contribution is -2.43. The number of piperidine rings is 1. The summed E-state index contributed by atoms with van der Waals surface area (Å²) in [6, 6.07) is 4.12. The molecule has 1 heterocycles. The Hall–Kier alpha value is -2.38. The monoisotopic (exact) mass is 370 g/mol. The Labute approximate surface area is 151 Å². The molecule has 26 heavy (non-hydrogen) atoms. The summed E-state index contributed by atoms with van der Waals surface area (Å²) in [5.74, 6) is -0.314. The number of nitrogens with one attached hydrogen (secondary N) is 1. The zero-order chi connectivity index (χ0) is 19.1.